The minimum Gasteiger partial charge on any atom is -0.550 e. The van der Waals surface area contributed by atoms with E-state index in [0.717, 1.165) is 51.4 Å². The van der Waals surface area contributed by atoms with E-state index in [4.69, 9.17) is 0 Å². The first-order valence-corrected chi connectivity index (χ1v) is 23.9. The maximum absolute atomic E-state index is 10.1. The number of carbonyl (C=O) groups excluding carboxylic acids is 4. The van der Waals surface area contributed by atoms with Gasteiger partial charge in [0.25, 0.3) is 0 Å². The van der Waals surface area contributed by atoms with Crippen LogP contribution in [0.15, 0.2) is 0 Å². The summed E-state index contributed by atoms with van der Waals surface area (Å²) < 4.78 is 0. The molecule has 9 heteroatoms. The van der Waals surface area contributed by atoms with E-state index in [9.17, 15) is 39.6 Å². The summed E-state index contributed by atoms with van der Waals surface area (Å²) in [6.07, 6.45) is 44.7. The quantitative estimate of drug-likeness (QED) is 0.0434. The van der Waals surface area contributed by atoms with Crippen LogP contribution in [0.25, 0.3) is 0 Å². The molecule has 57 heavy (non-hydrogen) atoms. The first kappa shape index (κ1) is 64.7. The van der Waals surface area contributed by atoms with E-state index in [1.807, 2.05) is 0 Å². The van der Waals surface area contributed by atoms with Crippen LogP contribution in [0, 0.1) is 0 Å². The van der Waals surface area contributed by atoms with Crippen LogP contribution in [0.4, 0.5) is 0 Å². The van der Waals surface area contributed by atoms with Gasteiger partial charge in [0.2, 0.25) is 0 Å². The van der Waals surface area contributed by atoms with Gasteiger partial charge in [-0.3, -0.25) is 0 Å². The minimum atomic E-state index is -0.909. The van der Waals surface area contributed by atoms with E-state index in [1.54, 1.807) is 0 Å². The fourth-order valence-electron chi connectivity index (χ4n) is 6.32. The number of hydrogen-bond donors (Lipinski definition) is 0. The second kappa shape index (κ2) is 61.2. The predicted octanol–water partition coefficient (Wildman–Crippen LogP) is 10.6. The smallest absolute Gasteiger partial charge is 0.550 e. The molecule has 0 rings (SSSR count). The Balaban J connectivity index is -0.000000210. The molecule has 0 aromatic carbocycles. The van der Waals surface area contributed by atoms with Gasteiger partial charge in [-0.15, -0.1) is 0 Å². The molecule has 0 spiro atoms. The molecule has 338 valence electrons. The van der Waals surface area contributed by atoms with Crippen molar-refractivity contribution in [2.45, 2.75) is 285 Å². The van der Waals surface area contributed by atoms with Gasteiger partial charge in [-0.25, -0.2) is 0 Å². The normalized spacial score (nSPS) is 10.2. The fourth-order valence-corrected chi connectivity index (χ4v) is 6.32. The van der Waals surface area contributed by atoms with Crippen molar-refractivity contribution in [2.75, 3.05) is 0 Å². The monoisotopic (exact) mass is 895 g/mol. The van der Waals surface area contributed by atoms with Gasteiger partial charge in [-0.2, -0.15) is 0 Å². The zero-order chi connectivity index (χ0) is 42.6. The van der Waals surface area contributed by atoms with Crippen molar-refractivity contribution in [3.05, 3.63) is 0 Å². The van der Waals surface area contributed by atoms with E-state index in [1.165, 1.54) is 180 Å². The molecule has 0 amide bonds. The van der Waals surface area contributed by atoms with Gasteiger partial charge in [-0.05, 0) is 51.4 Å². The second-order valence-corrected chi connectivity index (χ2v) is 15.8. The molecule has 0 fully saturated rings. The third-order valence-electron chi connectivity index (χ3n) is 9.94. The molecule has 0 unspecified atom stereocenters. The molecule has 0 saturated carbocycles. The molecule has 0 radical (unpaired) electrons. The summed E-state index contributed by atoms with van der Waals surface area (Å²) in [6.45, 7) is 8.89. The third kappa shape index (κ3) is 83.2. The Morgan fingerprint density at radius 1 is 0.228 bits per heavy atom. The first-order valence-electron chi connectivity index (χ1n) is 23.9. The molecule has 0 aliphatic rings. The van der Waals surface area contributed by atoms with Gasteiger partial charge in [-0.1, -0.05) is 233 Å². The zero-order valence-electron chi connectivity index (χ0n) is 38.0. The van der Waals surface area contributed by atoms with Gasteiger partial charge in [0, 0.05) is 23.9 Å². The fraction of sp³-hybridized carbons (Fsp3) is 0.917. The topological polar surface area (TPSA) is 161 Å². The molecule has 8 nitrogen and oxygen atoms in total. The summed E-state index contributed by atoms with van der Waals surface area (Å²) in [6, 6.07) is 0. The van der Waals surface area contributed by atoms with Crippen LogP contribution in [0.1, 0.15) is 285 Å². The van der Waals surface area contributed by atoms with E-state index < -0.39 is 23.9 Å². The van der Waals surface area contributed by atoms with Crippen molar-refractivity contribution in [3.63, 3.8) is 0 Å². The molecule has 0 saturated heterocycles. The summed E-state index contributed by atoms with van der Waals surface area (Å²) in [5, 5.41) is 40.4. The number of rotatable bonds is 40. The van der Waals surface area contributed by atoms with E-state index >= 15 is 0 Å². The summed E-state index contributed by atoms with van der Waals surface area (Å²) in [5.74, 6) is -3.64. The molecular weight excluding hydrogens is 800 g/mol. The summed E-state index contributed by atoms with van der Waals surface area (Å²) in [7, 11) is 0. The zero-order valence-corrected chi connectivity index (χ0v) is 40.0. The van der Waals surface area contributed by atoms with E-state index in [2.05, 4.69) is 27.7 Å². The van der Waals surface area contributed by atoms with Crippen LogP contribution in [-0.2, 0) is 40.2 Å². The Kier molecular flexibility index (Phi) is 69.5. The average molecular weight is 893 g/mol. The molecule has 0 heterocycles. The molecule has 0 N–H and O–H groups in total. The summed E-state index contributed by atoms with van der Waals surface area (Å²) >= 11 is 0. The number of carboxylic acid groups (broad SMARTS) is 4. The van der Waals surface area contributed by atoms with Gasteiger partial charge < -0.3 is 39.6 Å². The molecule has 0 bridgehead atoms. The van der Waals surface area contributed by atoms with Crippen LogP contribution in [0.5, 0.6) is 0 Å². The Hall–Kier alpha value is -1.43. The number of carboxylic acids is 4. The molecule has 0 aliphatic heterocycles. The van der Waals surface area contributed by atoms with Crippen LogP contribution >= 0.6 is 0 Å². The van der Waals surface area contributed by atoms with Gasteiger partial charge in [0.05, 0.1) is 0 Å². The standard InChI is InChI=1S/4C12H24O2.Mo/c4*1-2-3-4-5-6-7-8-9-10-11-12(13)14;/h4*2-11H2,1H3,(H,13,14);/q;;;;+4/p-4. The minimum absolute atomic E-state index is 0. The Morgan fingerprint density at radius 3 is 0.439 bits per heavy atom. The van der Waals surface area contributed by atoms with Crippen molar-refractivity contribution < 1.29 is 60.7 Å². The van der Waals surface area contributed by atoms with Crippen molar-refractivity contribution >= 4 is 23.9 Å². The van der Waals surface area contributed by atoms with E-state index in [0.29, 0.717) is 0 Å². The molecule has 0 atom stereocenters. The number of hydrogen-bond acceptors (Lipinski definition) is 8. The SMILES string of the molecule is CCCCCCCCCCCC(=O)[O-].CCCCCCCCCCCC(=O)[O-].CCCCCCCCCCCC(=O)[O-].CCCCCCCCCCCC(=O)[O-].[Mo+4]. The van der Waals surface area contributed by atoms with Crippen molar-refractivity contribution in [1.82, 2.24) is 0 Å². The first-order chi connectivity index (χ1) is 27.1. The Morgan fingerprint density at radius 2 is 0.333 bits per heavy atom. The molecule has 0 aromatic rings. The van der Waals surface area contributed by atoms with Crippen LogP contribution in [-0.4, -0.2) is 23.9 Å². The van der Waals surface area contributed by atoms with Crippen molar-refractivity contribution in [2.24, 2.45) is 0 Å². The summed E-state index contributed by atoms with van der Waals surface area (Å²) in [5.41, 5.74) is 0. The van der Waals surface area contributed by atoms with Gasteiger partial charge >= 0.3 is 21.1 Å². The van der Waals surface area contributed by atoms with Crippen LogP contribution < -0.4 is 20.4 Å². The van der Waals surface area contributed by atoms with Crippen LogP contribution in [0.2, 0.25) is 0 Å². The van der Waals surface area contributed by atoms with Crippen molar-refractivity contribution in [3.8, 4) is 0 Å². The number of carbonyl (C=O) groups is 4. The third-order valence-corrected chi connectivity index (χ3v) is 9.94. The average Bonchev–Trinajstić information content (AvgIpc) is 3.15. The maximum atomic E-state index is 10.1. The second-order valence-electron chi connectivity index (χ2n) is 15.8. The molecule has 0 aliphatic carbocycles. The maximum Gasteiger partial charge on any atom is 4.00 e. The Labute approximate surface area is 367 Å². The van der Waals surface area contributed by atoms with Crippen molar-refractivity contribution in [1.29, 1.82) is 0 Å². The number of unbranched alkanes of at least 4 members (excludes halogenated alkanes) is 32. The van der Waals surface area contributed by atoms with Crippen LogP contribution in [0.3, 0.4) is 0 Å². The largest absolute Gasteiger partial charge is 4.00 e. The predicted molar refractivity (Wildman–Crippen MR) is 227 cm³/mol. The molecular formula is C48H92MoO8. The van der Waals surface area contributed by atoms with Gasteiger partial charge in [0.15, 0.2) is 0 Å². The number of aliphatic carboxylic acids is 4. The Bertz CT molecular complexity index is 664. The van der Waals surface area contributed by atoms with Gasteiger partial charge in [0.1, 0.15) is 0 Å². The molecule has 0 aromatic heterocycles. The van der Waals surface area contributed by atoms with E-state index in [-0.39, 0.29) is 46.7 Å². The summed E-state index contributed by atoms with van der Waals surface area (Å²) in [4.78, 5) is 40.4.